The first-order chi connectivity index (χ1) is 22.2. The van der Waals surface area contributed by atoms with Crippen molar-refractivity contribution in [2.45, 2.75) is 108 Å². The van der Waals surface area contributed by atoms with Gasteiger partial charge >= 0.3 is 5.97 Å². The molecule has 0 radical (unpaired) electrons. The second-order valence-electron chi connectivity index (χ2n) is 14.0. The highest BCUT2D eigenvalue weighted by atomic mass is 16.8. The van der Waals surface area contributed by atoms with E-state index in [0.29, 0.717) is 30.5 Å². The van der Waals surface area contributed by atoms with E-state index in [1.807, 2.05) is 32.0 Å². The van der Waals surface area contributed by atoms with E-state index < -0.39 is 11.8 Å². The molecule has 1 aliphatic heterocycles. The number of rotatable bonds is 13. The number of nitrogens with one attached hydrogen (secondary N) is 1. The largest absolute Gasteiger partial charge is 0.497 e. The summed E-state index contributed by atoms with van der Waals surface area (Å²) in [4.78, 5) is 23.2. The molecule has 3 aliphatic carbocycles. The van der Waals surface area contributed by atoms with E-state index in [2.05, 4.69) is 32.0 Å². The van der Waals surface area contributed by atoms with Crippen LogP contribution in [0.1, 0.15) is 76.8 Å². The van der Waals surface area contributed by atoms with Gasteiger partial charge in [0.05, 0.1) is 31.8 Å². The van der Waals surface area contributed by atoms with Crippen molar-refractivity contribution in [3.05, 3.63) is 42.4 Å². The van der Waals surface area contributed by atoms with E-state index in [1.165, 1.54) is 19.3 Å². The fraction of sp³-hybridized carbons (Fsp3) is 0.629. The Balaban J connectivity index is 1.09. The van der Waals surface area contributed by atoms with Gasteiger partial charge in [-0.2, -0.15) is 0 Å². The molecule has 4 fully saturated rings. The quantitative estimate of drug-likeness (QED) is 0.245. The van der Waals surface area contributed by atoms with Gasteiger partial charge in [-0.3, -0.25) is 9.69 Å². The number of aliphatic carboxylic acids is 1. The van der Waals surface area contributed by atoms with Crippen LogP contribution in [0.15, 0.2) is 36.8 Å². The summed E-state index contributed by atoms with van der Waals surface area (Å²) in [6, 6.07) is 9.16. The minimum absolute atomic E-state index is 0.00452. The van der Waals surface area contributed by atoms with E-state index in [1.54, 1.807) is 20.5 Å². The predicted molar refractivity (Wildman–Crippen MR) is 173 cm³/mol. The third-order valence-corrected chi connectivity index (χ3v) is 10.8. The summed E-state index contributed by atoms with van der Waals surface area (Å²) >= 11 is 0. The number of benzene rings is 1. The first-order valence-electron chi connectivity index (χ1n) is 16.8. The predicted octanol–water partition coefficient (Wildman–Crippen LogP) is 5.64. The number of ether oxygens (including phenoxy) is 4. The normalized spacial score (nSPS) is 28.5. The molecular formula is C35H47N5O6. The van der Waals surface area contributed by atoms with Gasteiger partial charge in [0.25, 0.3) is 0 Å². The molecular weight excluding hydrogens is 586 g/mol. The van der Waals surface area contributed by atoms with E-state index >= 15 is 0 Å². The number of fused-ring (bicyclic) bond motifs is 2. The number of nitrogens with zero attached hydrogens (tertiary/aromatic N) is 4. The highest BCUT2D eigenvalue weighted by Crippen LogP contribution is 2.49. The number of carboxylic acids is 1. The van der Waals surface area contributed by atoms with Crippen molar-refractivity contribution in [1.82, 2.24) is 19.4 Å². The van der Waals surface area contributed by atoms with Crippen LogP contribution in [0.25, 0.3) is 11.0 Å². The Labute approximate surface area is 270 Å². The Morgan fingerprint density at radius 2 is 1.89 bits per heavy atom. The van der Waals surface area contributed by atoms with Gasteiger partial charge in [-0.25, -0.2) is 9.97 Å². The summed E-state index contributed by atoms with van der Waals surface area (Å²) in [6.45, 7) is 5.57. The van der Waals surface area contributed by atoms with Crippen molar-refractivity contribution >= 4 is 22.8 Å². The Bertz CT molecular complexity index is 1550. The molecule has 3 saturated carbocycles. The Hall–Kier alpha value is -3.41. The van der Waals surface area contributed by atoms with E-state index in [-0.39, 0.29) is 24.7 Å². The molecule has 11 heteroatoms. The van der Waals surface area contributed by atoms with Crippen LogP contribution in [0, 0.1) is 11.8 Å². The molecule has 7 rings (SSSR count). The number of carbonyl (C=O) groups is 1. The standard InChI is InChI=1S/C35H47N5O6/c1-35(2)45-31-23(19-40(24-6-5-7-24)25-14-21(15-25)8-11-30(41)42)16-28(32(31)46-35)39-13-12-27-33(37-20-38-34(27)39)36-18-22-9-10-26(43-3)17-29(22)44-4/h9-10,12-13,17,20-21,23-25,28,31-32H,5-8,11,14-16,18-19H2,1-4H3,(H,41,42)(H,36,37,38)/t21?,23-,25?,28-,31-,32+/m1/s1. The minimum atomic E-state index is -0.688. The highest BCUT2D eigenvalue weighted by molar-refractivity contribution is 5.87. The maximum absolute atomic E-state index is 11.1. The number of hydrogen-bond donors (Lipinski definition) is 2. The van der Waals surface area contributed by atoms with E-state index in [0.717, 1.165) is 66.1 Å². The summed E-state index contributed by atoms with van der Waals surface area (Å²) < 4.78 is 26.5. The molecule has 46 heavy (non-hydrogen) atoms. The van der Waals surface area contributed by atoms with Gasteiger partial charge in [0, 0.05) is 55.3 Å². The summed E-state index contributed by atoms with van der Waals surface area (Å²) in [7, 11) is 3.31. The van der Waals surface area contributed by atoms with Gasteiger partial charge in [-0.15, -0.1) is 0 Å². The zero-order valence-corrected chi connectivity index (χ0v) is 27.4. The van der Waals surface area contributed by atoms with Crippen molar-refractivity contribution < 1.29 is 28.8 Å². The average Bonchev–Trinajstić information content (AvgIpc) is 3.65. The third kappa shape index (κ3) is 6.04. The number of hydrogen-bond acceptors (Lipinski definition) is 9. The third-order valence-electron chi connectivity index (χ3n) is 10.8. The lowest BCUT2D eigenvalue weighted by molar-refractivity contribution is -0.162. The number of carboxylic acid groups (broad SMARTS) is 1. The second kappa shape index (κ2) is 12.7. The zero-order chi connectivity index (χ0) is 32.0. The van der Waals surface area contributed by atoms with Crippen molar-refractivity contribution in [2.75, 3.05) is 26.1 Å². The van der Waals surface area contributed by atoms with Crippen molar-refractivity contribution in [3.8, 4) is 11.5 Å². The summed E-state index contributed by atoms with van der Waals surface area (Å²) in [5, 5.41) is 13.6. The van der Waals surface area contributed by atoms with Crippen LogP contribution in [0.2, 0.25) is 0 Å². The van der Waals surface area contributed by atoms with Gasteiger partial charge in [0.2, 0.25) is 0 Å². The Kier molecular flexibility index (Phi) is 8.58. The highest BCUT2D eigenvalue weighted by Gasteiger charge is 2.55. The molecule has 4 atom stereocenters. The van der Waals surface area contributed by atoms with Crippen LogP contribution in [0.5, 0.6) is 11.5 Å². The molecule has 2 aromatic heterocycles. The van der Waals surface area contributed by atoms with Gasteiger partial charge in [-0.1, -0.05) is 6.42 Å². The van der Waals surface area contributed by atoms with Crippen LogP contribution in [-0.2, 0) is 20.8 Å². The molecule has 3 heterocycles. The topological polar surface area (TPSA) is 120 Å². The smallest absolute Gasteiger partial charge is 0.303 e. The fourth-order valence-corrected chi connectivity index (χ4v) is 8.18. The Morgan fingerprint density at radius 3 is 2.61 bits per heavy atom. The molecule has 0 spiro atoms. The average molecular weight is 634 g/mol. The maximum atomic E-state index is 11.1. The summed E-state index contributed by atoms with van der Waals surface area (Å²) in [5.74, 6) is 1.80. The lowest BCUT2D eigenvalue weighted by Gasteiger charge is -2.50. The Morgan fingerprint density at radius 1 is 1.09 bits per heavy atom. The monoisotopic (exact) mass is 633 g/mol. The number of aromatic nitrogens is 3. The lowest BCUT2D eigenvalue weighted by Crippen LogP contribution is -2.54. The van der Waals surface area contributed by atoms with E-state index in [9.17, 15) is 4.79 Å². The molecule has 1 aromatic carbocycles. The minimum Gasteiger partial charge on any atom is -0.497 e. The first-order valence-corrected chi connectivity index (χ1v) is 16.8. The first kappa shape index (κ1) is 31.2. The molecule has 2 N–H and O–H groups in total. The second-order valence-corrected chi connectivity index (χ2v) is 14.0. The molecule has 0 unspecified atom stereocenters. The van der Waals surface area contributed by atoms with Crippen molar-refractivity contribution in [3.63, 3.8) is 0 Å². The number of methoxy groups -OCH3 is 2. The van der Waals surface area contributed by atoms with Gasteiger partial charge in [0.1, 0.15) is 35.4 Å². The van der Waals surface area contributed by atoms with Crippen LogP contribution >= 0.6 is 0 Å². The molecule has 0 bridgehead atoms. The van der Waals surface area contributed by atoms with Crippen LogP contribution < -0.4 is 14.8 Å². The van der Waals surface area contributed by atoms with Crippen molar-refractivity contribution in [1.29, 1.82) is 0 Å². The van der Waals surface area contributed by atoms with Gasteiger partial charge in [0.15, 0.2) is 5.79 Å². The molecule has 248 valence electrons. The SMILES string of the molecule is COc1ccc(CNc2ncnc3c2ccn3[C@@H]2C[C@H](CN(C3CCC3)C3CC(CCC(=O)O)C3)[C@H]3OC(C)(C)O[C@H]32)c(OC)c1. The lowest BCUT2D eigenvalue weighted by atomic mass is 9.74. The van der Waals surface area contributed by atoms with Gasteiger partial charge < -0.3 is 33.9 Å². The zero-order valence-electron chi connectivity index (χ0n) is 27.4. The molecule has 1 saturated heterocycles. The summed E-state index contributed by atoms with van der Waals surface area (Å²) in [6.07, 6.45) is 11.7. The molecule has 4 aliphatic rings. The molecule has 11 nitrogen and oxygen atoms in total. The van der Waals surface area contributed by atoms with Crippen molar-refractivity contribution in [2.24, 2.45) is 11.8 Å². The van der Waals surface area contributed by atoms with Crippen LogP contribution in [0.3, 0.4) is 0 Å². The number of anilines is 1. The molecule has 3 aromatic rings. The van der Waals surface area contributed by atoms with Gasteiger partial charge in [-0.05, 0) is 76.5 Å². The maximum Gasteiger partial charge on any atom is 0.303 e. The van der Waals surface area contributed by atoms with Crippen LogP contribution in [0.4, 0.5) is 5.82 Å². The fourth-order valence-electron chi connectivity index (χ4n) is 8.18. The van der Waals surface area contributed by atoms with E-state index in [4.69, 9.17) is 29.0 Å². The van der Waals surface area contributed by atoms with Crippen LogP contribution in [-0.4, -0.2) is 81.4 Å². The molecule has 0 amide bonds. The summed E-state index contributed by atoms with van der Waals surface area (Å²) in [5.41, 5.74) is 1.89.